The number of hydrogen-bond donors (Lipinski definition) is 1. The van der Waals surface area contributed by atoms with Gasteiger partial charge in [0.25, 0.3) is 10.2 Å². The summed E-state index contributed by atoms with van der Waals surface area (Å²) in [5, 5.41) is 11.7. The average molecular weight is 772 g/mol. The topological polar surface area (TPSA) is 131 Å². The second kappa shape index (κ2) is 14.1. The summed E-state index contributed by atoms with van der Waals surface area (Å²) >= 11 is 1.07. The van der Waals surface area contributed by atoms with Gasteiger partial charge in [0, 0.05) is 106 Å². The maximum absolute atomic E-state index is 13.6. The number of aryl methyl sites for hydroxylation is 2. The van der Waals surface area contributed by atoms with Gasteiger partial charge in [-0.1, -0.05) is 13.0 Å². The highest BCUT2D eigenvalue weighted by atomic mass is 32.2. The van der Waals surface area contributed by atoms with Crippen molar-refractivity contribution in [1.29, 1.82) is 5.26 Å². The van der Waals surface area contributed by atoms with Gasteiger partial charge >= 0.3 is 6.18 Å². The smallest absolute Gasteiger partial charge is 0.355 e. The Morgan fingerprint density at radius 1 is 1.09 bits per heavy atom. The van der Waals surface area contributed by atoms with Crippen LogP contribution in [0, 0.1) is 23.7 Å². The molecule has 3 aliphatic rings. The lowest BCUT2D eigenvalue weighted by molar-refractivity contribution is -0.128. The second-order valence-corrected chi connectivity index (χ2v) is 17.7. The number of thiophene rings is 1. The normalized spacial score (nSPS) is 21.1. The molecule has 1 amide bonds. The Labute approximate surface area is 311 Å². The van der Waals surface area contributed by atoms with E-state index in [2.05, 4.69) is 32.5 Å². The molecule has 6 heterocycles. The van der Waals surface area contributed by atoms with Crippen LogP contribution in [0.5, 0.6) is 0 Å². The minimum Gasteiger partial charge on any atom is -0.355 e. The van der Waals surface area contributed by atoms with E-state index in [9.17, 15) is 31.6 Å². The van der Waals surface area contributed by atoms with E-state index in [1.807, 2.05) is 41.5 Å². The molecule has 7 rings (SSSR count). The molecule has 4 aromatic rings. The number of carbonyl (C=O) groups excluding carboxylic acids is 1. The van der Waals surface area contributed by atoms with E-state index in [1.54, 1.807) is 6.07 Å². The molecule has 12 nitrogen and oxygen atoms in total. The monoisotopic (exact) mass is 771 g/mol. The summed E-state index contributed by atoms with van der Waals surface area (Å²) < 4.78 is 70.0. The van der Waals surface area contributed by atoms with Crippen LogP contribution in [0.4, 0.5) is 19.0 Å². The number of carbonyl (C=O) groups is 1. The van der Waals surface area contributed by atoms with Crippen molar-refractivity contribution >= 4 is 54.4 Å². The number of alkyl halides is 3. The predicted molar refractivity (Wildman–Crippen MR) is 198 cm³/mol. The number of amides is 1. The average Bonchev–Trinajstić information content (AvgIpc) is 3.89. The molecule has 0 radical (unpaired) electrons. The van der Waals surface area contributed by atoms with Crippen molar-refractivity contribution in [1.82, 2.24) is 33.4 Å². The summed E-state index contributed by atoms with van der Waals surface area (Å²) in [7, 11) is -2.05. The van der Waals surface area contributed by atoms with E-state index < -0.39 is 22.8 Å². The van der Waals surface area contributed by atoms with Gasteiger partial charge in [0.2, 0.25) is 5.91 Å². The van der Waals surface area contributed by atoms with E-state index in [0.717, 1.165) is 39.8 Å². The number of rotatable bonds is 10. The van der Waals surface area contributed by atoms with Gasteiger partial charge in [-0.15, -0.1) is 11.3 Å². The Bertz CT molecular complexity index is 2210. The first kappa shape index (κ1) is 37.5. The zero-order chi connectivity index (χ0) is 37.9. The lowest BCUT2D eigenvalue weighted by Crippen LogP contribution is -2.54. The van der Waals surface area contributed by atoms with Crippen LogP contribution in [0.2, 0.25) is 0 Å². The highest BCUT2D eigenvalue weighted by Crippen LogP contribution is 2.44. The molecule has 0 bridgehead atoms. The highest BCUT2D eigenvalue weighted by molar-refractivity contribution is 7.87. The number of fused-ring (bicyclic) bond motifs is 2. The number of aromatic nitrogens is 3. The van der Waals surface area contributed by atoms with Crippen molar-refractivity contribution in [2.45, 2.75) is 71.8 Å². The largest absolute Gasteiger partial charge is 0.393 e. The third-order valence-electron chi connectivity index (χ3n) is 11.2. The van der Waals surface area contributed by atoms with Gasteiger partial charge in [-0.25, -0.2) is 14.7 Å². The molecule has 1 aromatic carbocycles. The van der Waals surface area contributed by atoms with Crippen molar-refractivity contribution in [3.05, 3.63) is 51.8 Å². The second-order valence-electron chi connectivity index (χ2n) is 14.7. The molecular formula is C36H44F3N9O3S2. The first-order chi connectivity index (χ1) is 25.1. The summed E-state index contributed by atoms with van der Waals surface area (Å²) in [4.78, 5) is 29.9. The van der Waals surface area contributed by atoms with Gasteiger partial charge in [0.15, 0.2) is 0 Å². The molecule has 3 aliphatic heterocycles. The van der Waals surface area contributed by atoms with E-state index in [1.165, 1.54) is 11.4 Å². The fourth-order valence-corrected chi connectivity index (χ4v) is 10.3. The minimum atomic E-state index is -4.31. The number of nitriles is 1. The molecule has 0 saturated carbocycles. The van der Waals surface area contributed by atoms with E-state index in [-0.39, 0.29) is 22.2 Å². The Morgan fingerprint density at radius 3 is 2.53 bits per heavy atom. The van der Waals surface area contributed by atoms with Crippen molar-refractivity contribution in [2.24, 2.45) is 5.41 Å². The lowest BCUT2D eigenvalue weighted by atomic mass is 9.86. The third-order valence-corrected chi connectivity index (χ3v) is 13.8. The fourth-order valence-electron chi connectivity index (χ4n) is 8.28. The van der Waals surface area contributed by atoms with Gasteiger partial charge in [-0.2, -0.15) is 31.2 Å². The molecule has 1 N–H and O–H groups in total. The van der Waals surface area contributed by atoms with Gasteiger partial charge in [-0.3, -0.25) is 9.69 Å². The molecule has 3 saturated heterocycles. The molecule has 2 atom stereocenters. The van der Waals surface area contributed by atoms with E-state index in [4.69, 9.17) is 4.98 Å². The summed E-state index contributed by atoms with van der Waals surface area (Å²) in [5.74, 6) is 1.31. The maximum Gasteiger partial charge on any atom is 0.393 e. The van der Waals surface area contributed by atoms with Gasteiger partial charge < -0.3 is 14.4 Å². The molecule has 284 valence electrons. The van der Waals surface area contributed by atoms with Crippen molar-refractivity contribution in [3.63, 3.8) is 0 Å². The Kier molecular flexibility index (Phi) is 9.98. The van der Waals surface area contributed by atoms with Crippen molar-refractivity contribution in [2.75, 3.05) is 57.8 Å². The highest BCUT2D eigenvalue weighted by Gasteiger charge is 2.48. The Morgan fingerprint density at radius 2 is 1.85 bits per heavy atom. The van der Waals surface area contributed by atoms with Crippen LogP contribution in [-0.4, -0.2) is 108 Å². The van der Waals surface area contributed by atoms with Crippen LogP contribution in [0.1, 0.15) is 54.2 Å². The van der Waals surface area contributed by atoms with Crippen LogP contribution >= 0.6 is 11.3 Å². The minimum absolute atomic E-state index is 0.0650. The number of hydrogen-bond acceptors (Lipinski definition) is 9. The molecule has 3 fully saturated rings. The van der Waals surface area contributed by atoms with E-state index in [0.29, 0.717) is 99.3 Å². The summed E-state index contributed by atoms with van der Waals surface area (Å²) in [6, 6.07) is 9.97. The zero-order valence-corrected chi connectivity index (χ0v) is 32.0. The van der Waals surface area contributed by atoms with Gasteiger partial charge in [0.05, 0.1) is 11.8 Å². The lowest BCUT2D eigenvalue weighted by Gasteiger charge is -2.37. The number of halogens is 3. The van der Waals surface area contributed by atoms with Crippen LogP contribution in [0.15, 0.2) is 24.3 Å². The molecule has 53 heavy (non-hydrogen) atoms. The number of nitrogens with one attached hydrogen (secondary N) is 1. The first-order valence-electron chi connectivity index (χ1n) is 18.0. The molecule has 1 unspecified atom stereocenters. The van der Waals surface area contributed by atoms with Gasteiger partial charge in [-0.05, 0) is 49.6 Å². The van der Waals surface area contributed by atoms with Crippen molar-refractivity contribution in [3.8, 4) is 6.07 Å². The Hall–Kier alpha value is -3.82. The fraction of sp³-hybridized carbons (Fsp3) is 0.556. The number of nitrogens with zero attached hydrogens (tertiary/aromatic N) is 8. The summed E-state index contributed by atoms with van der Waals surface area (Å²) in [6.07, 6.45) is -3.58. The number of piperazine rings is 1. The summed E-state index contributed by atoms with van der Waals surface area (Å²) in [6.45, 7) is 10.8. The predicted octanol–water partition coefficient (Wildman–Crippen LogP) is 4.59. The molecule has 17 heteroatoms. The molecule has 3 aromatic heterocycles. The van der Waals surface area contributed by atoms with Crippen LogP contribution < -0.4 is 9.62 Å². The maximum atomic E-state index is 13.6. The molecule has 0 aliphatic carbocycles. The van der Waals surface area contributed by atoms with Crippen LogP contribution in [-0.2, 0) is 40.9 Å². The van der Waals surface area contributed by atoms with E-state index >= 15 is 0 Å². The molecule has 1 spiro atoms. The quantitative estimate of drug-likeness (QED) is 0.248. The summed E-state index contributed by atoms with van der Waals surface area (Å²) in [5.41, 5.74) is 3.22. The first-order valence-corrected chi connectivity index (χ1v) is 20.2. The standard InChI is InChI=1S/C36H44F3N9O3S2/c1-5-31-42-33(29-15-27(16-36(37,38)39)52-34(29)43-31)45-9-8-35(21-45)17-32(49)46(22-35)20-25-6-7-30-28(24(25)3)14-26(18-40)48(30)19-23(2)44-10-12-47(13-11-44)53(50,51)41-4/h6-7,14-15,23,41H,5,8-13,16-17,19-22H2,1-4H3/t23-,35?/m0/s1. The zero-order valence-electron chi connectivity index (χ0n) is 30.3. The number of likely N-dealkylation sites (tertiary alicyclic amines) is 1. The Balaban J connectivity index is 1.06. The van der Waals surface area contributed by atoms with Crippen LogP contribution in [0.3, 0.4) is 0 Å². The number of benzene rings is 1. The van der Waals surface area contributed by atoms with Crippen molar-refractivity contribution < 1.29 is 26.4 Å². The third kappa shape index (κ3) is 7.36. The SMILES string of the molecule is CCc1nc(N2CCC3(CC(=O)N(Cc4ccc5c(cc(C#N)n5C[C@H](C)N5CCN(S(=O)(=O)NC)CC5)c4C)C3)C2)c2cc(CC(F)(F)F)sc2n1. The number of anilines is 1. The molecular weight excluding hydrogens is 728 g/mol. The van der Waals surface area contributed by atoms with Gasteiger partial charge in [0.1, 0.15) is 28.2 Å². The van der Waals surface area contributed by atoms with Crippen LogP contribution in [0.25, 0.3) is 21.1 Å².